The number of carbonyl (C=O) groups excluding carboxylic acids is 1. The molecule has 1 amide bonds. The number of benzene rings is 1. The highest BCUT2D eigenvalue weighted by atomic mass is 32.2. The molecule has 1 fully saturated rings. The van der Waals surface area contributed by atoms with Gasteiger partial charge in [-0.1, -0.05) is 13.8 Å². The molecule has 2 heterocycles. The lowest BCUT2D eigenvalue weighted by Gasteiger charge is -2.30. The highest BCUT2D eigenvalue weighted by Crippen LogP contribution is 2.33. The number of hydrogen-bond acceptors (Lipinski definition) is 4. The van der Waals surface area contributed by atoms with Crippen molar-refractivity contribution in [1.29, 1.82) is 0 Å². The Morgan fingerprint density at radius 3 is 2.69 bits per heavy atom. The third-order valence-electron chi connectivity index (χ3n) is 5.53. The summed E-state index contributed by atoms with van der Waals surface area (Å²) in [5.74, 6) is 0.229. The summed E-state index contributed by atoms with van der Waals surface area (Å²) in [6, 6.07) is 5.56. The predicted molar refractivity (Wildman–Crippen MR) is 103 cm³/mol. The number of fused-ring (bicyclic) bond motifs is 1. The number of rotatable bonds is 5. The first-order valence-corrected chi connectivity index (χ1v) is 11.0. The van der Waals surface area contributed by atoms with Gasteiger partial charge in [0.05, 0.1) is 4.90 Å². The van der Waals surface area contributed by atoms with Gasteiger partial charge in [0.25, 0.3) is 0 Å². The molecule has 0 spiro atoms. The van der Waals surface area contributed by atoms with Gasteiger partial charge in [-0.25, -0.2) is 8.42 Å². The second-order valence-electron chi connectivity index (χ2n) is 7.20. The normalized spacial score (nSPS) is 23.3. The number of carbonyl (C=O) groups is 1. The molecule has 26 heavy (non-hydrogen) atoms. The third-order valence-corrected chi connectivity index (χ3v) is 7.57. The van der Waals surface area contributed by atoms with E-state index < -0.39 is 10.0 Å². The van der Waals surface area contributed by atoms with Crippen molar-refractivity contribution < 1.29 is 13.2 Å². The lowest BCUT2D eigenvalue weighted by Crippen LogP contribution is -2.43. The maximum atomic E-state index is 13.0. The summed E-state index contributed by atoms with van der Waals surface area (Å²) in [6.07, 6.45) is 2.44. The van der Waals surface area contributed by atoms with E-state index in [0.29, 0.717) is 37.0 Å². The molecule has 1 aromatic carbocycles. The summed E-state index contributed by atoms with van der Waals surface area (Å²) >= 11 is 0. The van der Waals surface area contributed by atoms with Gasteiger partial charge in [-0.05, 0) is 56.5 Å². The highest BCUT2D eigenvalue weighted by Gasteiger charge is 2.33. The first-order chi connectivity index (χ1) is 12.4. The van der Waals surface area contributed by atoms with Crippen molar-refractivity contribution in [3.05, 3.63) is 23.8 Å². The quantitative estimate of drug-likeness (QED) is 0.849. The Balaban J connectivity index is 1.83. The molecule has 7 heteroatoms. The first kappa shape index (κ1) is 19.3. The number of nitrogens with zero attached hydrogens (tertiary/aromatic N) is 2. The van der Waals surface area contributed by atoms with Crippen molar-refractivity contribution in [1.82, 2.24) is 9.62 Å². The Bertz CT molecular complexity index is 774. The molecular formula is C19H29N3O3S. The van der Waals surface area contributed by atoms with Crippen LogP contribution in [0.4, 0.5) is 5.69 Å². The minimum Gasteiger partial charge on any atom is -0.314 e. The van der Waals surface area contributed by atoms with E-state index in [4.69, 9.17) is 0 Å². The molecule has 1 N–H and O–H groups in total. The van der Waals surface area contributed by atoms with Crippen LogP contribution in [0.1, 0.15) is 39.2 Å². The van der Waals surface area contributed by atoms with Crippen LogP contribution < -0.4 is 10.2 Å². The van der Waals surface area contributed by atoms with Crippen LogP contribution in [-0.2, 0) is 21.2 Å². The van der Waals surface area contributed by atoms with Gasteiger partial charge < -0.3 is 10.2 Å². The number of piperidine rings is 1. The minimum absolute atomic E-state index is 0.0521. The minimum atomic E-state index is -3.47. The van der Waals surface area contributed by atoms with Crippen molar-refractivity contribution >= 4 is 21.6 Å². The zero-order valence-electron chi connectivity index (χ0n) is 15.9. The zero-order valence-corrected chi connectivity index (χ0v) is 16.7. The summed E-state index contributed by atoms with van der Waals surface area (Å²) < 4.78 is 26.9. The topological polar surface area (TPSA) is 69.7 Å². The monoisotopic (exact) mass is 379 g/mol. The van der Waals surface area contributed by atoms with Crippen LogP contribution in [0.5, 0.6) is 0 Å². The average Bonchev–Trinajstić information content (AvgIpc) is 3.05. The maximum absolute atomic E-state index is 13.0. The molecule has 6 nitrogen and oxygen atoms in total. The Hall–Kier alpha value is -1.44. The van der Waals surface area contributed by atoms with Gasteiger partial charge in [0, 0.05) is 37.3 Å². The number of amides is 1. The largest absolute Gasteiger partial charge is 0.314 e. The van der Waals surface area contributed by atoms with E-state index in [9.17, 15) is 13.2 Å². The number of nitrogens with one attached hydrogen (secondary N) is 1. The molecule has 0 aliphatic carbocycles. The van der Waals surface area contributed by atoms with Crippen molar-refractivity contribution in [2.24, 2.45) is 5.92 Å². The Labute approximate surface area is 156 Å². The van der Waals surface area contributed by atoms with Gasteiger partial charge in [0.2, 0.25) is 15.9 Å². The third kappa shape index (κ3) is 3.52. The molecule has 0 bridgehead atoms. The molecule has 0 radical (unpaired) electrons. The van der Waals surface area contributed by atoms with Crippen LogP contribution in [0.2, 0.25) is 0 Å². The van der Waals surface area contributed by atoms with Crippen molar-refractivity contribution in [3.63, 3.8) is 0 Å². The van der Waals surface area contributed by atoms with Gasteiger partial charge in [-0.2, -0.15) is 4.31 Å². The SMILES string of the molecule is CCN(CC)S(=O)(=O)c1ccc2c(c1)CCN2C(=O)[C@H]1CCN[C@@H](C)C1. The second kappa shape index (κ2) is 7.66. The molecule has 1 aromatic rings. The van der Waals surface area contributed by atoms with Crippen LogP contribution in [0.25, 0.3) is 0 Å². The van der Waals surface area contributed by atoms with E-state index in [-0.39, 0.29) is 11.8 Å². The van der Waals surface area contributed by atoms with Gasteiger partial charge in [-0.3, -0.25) is 4.79 Å². The van der Waals surface area contributed by atoms with E-state index in [1.54, 1.807) is 18.2 Å². The Morgan fingerprint density at radius 2 is 2.04 bits per heavy atom. The van der Waals surface area contributed by atoms with Gasteiger partial charge in [0.15, 0.2) is 0 Å². The molecule has 2 atom stereocenters. The van der Waals surface area contributed by atoms with Crippen LogP contribution in [0, 0.1) is 5.92 Å². The molecule has 0 saturated carbocycles. The fourth-order valence-corrected chi connectivity index (χ4v) is 5.57. The maximum Gasteiger partial charge on any atom is 0.243 e. The Morgan fingerprint density at radius 1 is 1.31 bits per heavy atom. The molecule has 0 aromatic heterocycles. The van der Waals surface area contributed by atoms with Crippen LogP contribution in [0.3, 0.4) is 0 Å². The summed E-state index contributed by atoms with van der Waals surface area (Å²) in [5, 5.41) is 3.38. The standard InChI is InChI=1S/C19H29N3O3S/c1-4-21(5-2)26(24,25)17-6-7-18-15(13-17)9-11-22(18)19(23)16-8-10-20-14(3)12-16/h6-7,13-14,16,20H,4-5,8-12H2,1-3H3/t14-,16-/m0/s1. The number of anilines is 1. The number of sulfonamides is 1. The summed E-state index contributed by atoms with van der Waals surface area (Å²) in [7, 11) is -3.47. The van der Waals surface area contributed by atoms with Crippen molar-refractivity contribution in [2.75, 3.05) is 31.1 Å². The molecule has 2 aliphatic heterocycles. The smallest absolute Gasteiger partial charge is 0.243 e. The molecule has 0 unspecified atom stereocenters. The van der Waals surface area contributed by atoms with E-state index in [2.05, 4.69) is 12.2 Å². The fourth-order valence-electron chi connectivity index (χ4n) is 4.06. The van der Waals surface area contributed by atoms with Crippen LogP contribution in [-0.4, -0.2) is 50.9 Å². The van der Waals surface area contributed by atoms with Gasteiger partial charge in [-0.15, -0.1) is 0 Å². The summed E-state index contributed by atoms with van der Waals surface area (Å²) in [4.78, 5) is 15.1. The number of hydrogen-bond donors (Lipinski definition) is 1. The zero-order chi connectivity index (χ0) is 18.9. The second-order valence-corrected chi connectivity index (χ2v) is 9.13. The molecule has 2 aliphatic rings. The average molecular weight is 380 g/mol. The van der Waals surface area contributed by atoms with E-state index in [1.165, 1.54) is 4.31 Å². The highest BCUT2D eigenvalue weighted by molar-refractivity contribution is 7.89. The molecule has 144 valence electrons. The molecule has 3 rings (SSSR count). The lowest BCUT2D eigenvalue weighted by molar-refractivity contribution is -0.123. The predicted octanol–water partition coefficient (Wildman–Crippen LogP) is 1.99. The molecule has 1 saturated heterocycles. The van der Waals surface area contributed by atoms with E-state index in [1.807, 2.05) is 18.7 Å². The summed E-state index contributed by atoms with van der Waals surface area (Å²) in [5.41, 5.74) is 1.83. The fraction of sp³-hybridized carbons (Fsp3) is 0.632. The lowest BCUT2D eigenvalue weighted by atomic mass is 9.92. The molecular weight excluding hydrogens is 350 g/mol. The van der Waals surface area contributed by atoms with E-state index in [0.717, 1.165) is 30.6 Å². The van der Waals surface area contributed by atoms with Crippen molar-refractivity contribution in [3.8, 4) is 0 Å². The summed E-state index contributed by atoms with van der Waals surface area (Å²) in [6.45, 7) is 8.22. The van der Waals surface area contributed by atoms with E-state index >= 15 is 0 Å². The van der Waals surface area contributed by atoms with Crippen LogP contribution in [0.15, 0.2) is 23.1 Å². The Kier molecular flexibility index (Phi) is 5.69. The van der Waals surface area contributed by atoms with Crippen LogP contribution >= 0.6 is 0 Å². The van der Waals surface area contributed by atoms with Gasteiger partial charge in [0.1, 0.15) is 0 Å². The first-order valence-electron chi connectivity index (χ1n) is 9.56. The van der Waals surface area contributed by atoms with Crippen molar-refractivity contribution in [2.45, 2.75) is 51.0 Å². The van der Waals surface area contributed by atoms with Gasteiger partial charge >= 0.3 is 0 Å².